The molecule has 0 radical (unpaired) electrons. The van der Waals surface area contributed by atoms with Gasteiger partial charge in [-0.2, -0.15) is 8.78 Å². The van der Waals surface area contributed by atoms with Crippen molar-refractivity contribution in [2.45, 2.75) is 31.6 Å². The van der Waals surface area contributed by atoms with E-state index in [1.54, 1.807) is 0 Å². The number of rotatable bonds is 6. The molecule has 3 heterocycles. The summed E-state index contributed by atoms with van der Waals surface area (Å²) in [5.74, 6) is -0.970. The first-order valence-electron chi connectivity index (χ1n) is 9.80. The summed E-state index contributed by atoms with van der Waals surface area (Å²) < 4.78 is 49.5. The molecule has 170 valence electrons. The maximum absolute atomic E-state index is 15.0. The van der Waals surface area contributed by atoms with Crippen molar-refractivity contribution in [3.8, 4) is 5.88 Å². The third-order valence-corrected chi connectivity index (χ3v) is 6.38. The lowest BCUT2D eigenvalue weighted by atomic mass is 9.78. The molecule has 1 amide bonds. The molecule has 3 atom stereocenters. The number of fused-ring (bicyclic) bond motifs is 1. The molecule has 32 heavy (non-hydrogen) atoms. The predicted molar refractivity (Wildman–Crippen MR) is 112 cm³/mol. The Kier molecular flexibility index (Phi) is 6.24. The van der Waals surface area contributed by atoms with Gasteiger partial charge in [0, 0.05) is 22.9 Å². The largest absolute Gasteiger partial charge is 0.415 e. The molecule has 1 fully saturated rings. The van der Waals surface area contributed by atoms with E-state index >= 15 is 0 Å². The lowest BCUT2D eigenvalue weighted by Gasteiger charge is -2.36. The van der Waals surface area contributed by atoms with Crippen LogP contribution in [0.2, 0.25) is 0 Å². The molecule has 12 heteroatoms. The molecular formula is C20H20F3N5O3S. The molecule has 3 unspecified atom stereocenters. The molecule has 0 saturated carbocycles. The Balaban J connectivity index is 1.60. The number of amidine groups is 1. The van der Waals surface area contributed by atoms with Gasteiger partial charge in [-0.25, -0.2) is 19.4 Å². The number of carbonyl (C=O) groups is 1. The molecule has 3 N–H and O–H groups in total. The summed E-state index contributed by atoms with van der Waals surface area (Å²) in [6, 6.07) is 4.16. The normalized spacial score (nSPS) is 24.7. The van der Waals surface area contributed by atoms with E-state index in [0.717, 1.165) is 18.8 Å². The summed E-state index contributed by atoms with van der Waals surface area (Å²) in [5, 5.41) is 2.97. The van der Waals surface area contributed by atoms with Gasteiger partial charge in [0.05, 0.1) is 25.1 Å². The number of hydrogen-bond acceptors (Lipinski definition) is 8. The number of hydrogen-bond donors (Lipinski definition) is 2. The highest BCUT2D eigenvalue weighted by Crippen LogP contribution is 2.49. The van der Waals surface area contributed by atoms with Gasteiger partial charge in [-0.15, -0.1) is 0 Å². The van der Waals surface area contributed by atoms with Crippen LogP contribution in [0.1, 0.15) is 29.4 Å². The minimum Gasteiger partial charge on any atom is -0.415 e. The Morgan fingerprint density at radius 1 is 1.41 bits per heavy atom. The second kappa shape index (κ2) is 8.94. The molecule has 0 bridgehead atoms. The standard InChI is InChI=1S/C20H20F3N5O3S/c1-2-15-12-8-32-19(24)28-20(12,9-30-15)11-5-10(3-4-13(11)21)27-17(29)14-6-26-16(7-25-14)31-18(22)23/h3-7,12,15,18H,2,8-9H2,1H3,(H2,24,28)(H,27,29). The van der Waals surface area contributed by atoms with Crippen molar-refractivity contribution in [2.75, 3.05) is 17.7 Å². The van der Waals surface area contributed by atoms with Crippen LogP contribution in [-0.2, 0) is 10.3 Å². The van der Waals surface area contributed by atoms with E-state index < -0.39 is 29.8 Å². The Morgan fingerprint density at radius 3 is 2.91 bits per heavy atom. The average Bonchev–Trinajstić information content (AvgIpc) is 3.13. The molecule has 2 aromatic rings. The van der Waals surface area contributed by atoms with Crippen molar-refractivity contribution in [3.05, 3.63) is 47.7 Å². The highest BCUT2D eigenvalue weighted by Gasteiger charge is 2.53. The van der Waals surface area contributed by atoms with Crippen molar-refractivity contribution in [1.29, 1.82) is 0 Å². The lowest BCUT2D eigenvalue weighted by molar-refractivity contribution is -0.0531. The van der Waals surface area contributed by atoms with Gasteiger partial charge in [0.15, 0.2) is 5.17 Å². The number of anilines is 1. The number of aromatic nitrogens is 2. The average molecular weight is 467 g/mol. The van der Waals surface area contributed by atoms with E-state index in [4.69, 9.17) is 10.5 Å². The minimum atomic E-state index is -3.05. The van der Waals surface area contributed by atoms with Gasteiger partial charge in [0.2, 0.25) is 5.88 Å². The van der Waals surface area contributed by atoms with Gasteiger partial charge in [0.25, 0.3) is 5.91 Å². The molecule has 2 aliphatic rings. The van der Waals surface area contributed by atoms with Crippen LogP contribution in [-0.4, -0.2) is 46.1 Å². The zero-order valence-corrected chi connectivity index (χ0v) is 17.7. The molecule has 8 nitrogen and oxygen atoms in total. The number of alkyl halides is 2. The number of carbonyl (C=O) groups excluding carboxylic acids is 1. The predicted octanol–water partition coefficient (Wildman–Crippen LogP) is 3.15. The Labute approximate surface area is 185 Å². The molecule has 1 aromatic heterocycles. The van der Waals surface area contributed by atoms with Crippen molar-refractivity contribution in [1.82, 2.24) is 9.97 Å². The van der Waals surface area contributed by atoms with Crippen molar-refractivity contribution < 1.29 is 27.4 Å². The summed E-state index contributed by atoms with van der Waals surface area (Å²) in [7, 11) is 0. The van der Waals surface area contributed by atoms with Gasteiger partial charge in [0.1, 0.15) is 17.1 Å². The van der Waals surface area contributed by atoms with Gasteiger partial charge in [-0.05, 0) is 24.6 Å². The van der Waals surface area contributed by atoms with E-state index in [9.17, 15) is 18.0 Å². The molecule has 0 spiro atoms. The summed E-state index contributed by atoms with van der Waals surface area (Å²) >= 11 is 1.41. The second-order valence-electron chi connectivity index (χ2n) is 7.32. The second-order valence-corrected chi connectivity index (χ2v) is 8.36. The highest BCUT2D eigenvalue weighted by atomic mass is 32.2. The fourth-order valence-electron chi connectivity index (χ4n) is 3.98. The topological polar surface area (TPSA) is 112 Å². The molecule has 2 aliphatic heterocycles. The SMILES string of the molecule is CCC1OCC2(c3cc(NC(=O)c4cnc(OC(F)F)cn4)ccc3F)N=C(N)SCC12. The molecule has 1 aromatic carbocycles. The number of nitrogens with one attached hydrogen (secondary N) is 1. The maximum Gasteiger partial charge on any atom is 0.388 e. The number of aliphatic imine (C=N–C) groups is 1. The van der Waals surface area contributed by atoms with E-state index in [2.05, 4.69) is 25.0 Å². The van der Waals surface area contributed by atoms with E-state index in [1.165, 1.54) is 30.0 Å². The third kappa shape index (κ3) is 4.24. The first-order valence-corrected chi connectivity index (χ1v) is 10.8. The fourth-order valence-corrected chi connectivity index (χ4v) is 5.05. The zero-order valence-electron chi connectivity index (χ0n) is 16.9. The quantitative estimate of drug-likeness (QED) is 0.671. The summed E-state index contributed by atoms with van der Waals surface area (Å²) in [6.07, 6.45) is 2.59. The number of nitrogens with two attached hydrogens (primary N) is 1. The van der Waals surface area contributed by atoms with Gasteiger partial charge < -0.3 is 20.5 Å². The first-order chi connectivity index (χ1) is 15.3. The van der Waals surface area contributed by atoms with Crippen molar-refractivity contribution in [2.24, 2.45) is 16.6 Å². The first kappa shape index (κ1) is 22.3. The molecule has 0 aliphatic carbocycles. The van der Waals surface area contributed by atoms with Gasteiger partial charge in [-0.3, -0.25) is 4.79 Å². The number of benzene rings is 1. The minimum absolute atomic E-state index is 0.0708. The Hall–Kier alpha value is -2.86. The van der Waals surface area contributed by atoms with Gasteiger partial charge >= 0.3 is 6.61 Å². The number of thioether (sulfide) groups is 1. The summed E-state index contributed by atoms with van der Waals surface area (Å²) in [6.45, 7) is -0.867. The monoisotopic (exact) mass is 467 g/mol. The highest BCUT2D eigenvalue weighted by molar-refractivity contribution is 8.13. The van der Waals surface area contributed by atoms with Crippen LogP contribution in [0.25, 0.3) is 0 Å². The molecule has 4 rings (SSSR count). The van der Waals surface area contributed by atoms with Crippen molar-refractivity contribution >= 4 is 28.5 Å². The number of halogens is 3. The van der Waals surface area contributed by atoms with Crippen LogP contribution in [0.3, 0.4) is 0 Å². The maximum atomic E-state index is 15.0. The van der Waals surface area contributed by atoms with E-state index in [0.29, 0.717) is 16.6 Å². The number of nitrogens with zero attached hydrogens (tertiary/aromatic N) is 3. The van der Waals surface area contributed by atoms with Crippen LogP contribution in [0.15, 0.2) is 35.6 Å². The Bertz CT molecular complexity index is 1040. The zero-order chi connectivity index (χ0) is 22.9. The number of amides is 1. The smallest absolute Gasteiger partial charge is 0.388 e. The Morgan fingerprint density at radius 2 is 2.22 bits per heavy atom. The summed E-state index contributed by atoms with van der Waals surface area (Å²) in [4.78, 5) is 24.5. The third-order valence-electron chi connectivity index (χ3n) is 5.46. The van der Waals surface area contributed by atoms with Crippen LogP contribution >= 0.6 is 11.8 Å². The van der Waals surface area contributed by atoms with Crippen LogP contribution in [0.5, 0.6) is 5.88 Å². The van der Waals surface area contributed by atoms with Gasteiger partial charge in [-0.1, -0.05) is 18.7 Å². The van der Waals surface area contributed by atoms with Crippen LogP contribution in [0, 0.1) is 11.7 Å². The lowest BCUT2D eigenvalue weighted by Crippen LogP contribution is -2.42. The number of ether oxygens (including phenoxy) is 2. The van der Waals surface area contributed by atoms with Crippen molar-refractivity contribution in [3.63, 3.8) is 0 Å². The summed E-state index contributed by atoms with van der Waals surface area (Å²) in [5.41, 5.74) is 5.47. The van der Waals surface area contributed by atoms with E-state index in [-0.39, 0.29) is 29.9 Å². The van der Waals surface area contributed by atoms with E-state index in [1.807, 2.05) is 6.92 Å². The molecule has 1 saturated heterocycles. The van der Waals surface area contributed by atoms with Crippen LogP contribution in [0.4, 0.5) is 18.9 Å². The molecular weight excluding hydrogens is 447 g/mol. The fraction of sp³-hybridized carbons (Fsp3) is 0.400. The van der Waals surface area contributed by atoms with Crippen LogP contribution < -0.4 is 15.8 Å².